The van der Waals surface area contributed by atoms with Gasteiger partial charge in [-0.1, -0.05) is 17.7 Å². The van der Waals surface area contributed by atoms with Crippen molar-refractivity contribution in [1.29, 1.82) is 0 Å². The van der Waals surface area contributed by atoms with Gasteiger partial charge in [0, 0.05) is 0 Å². The van der Waals surface area contributed by atoms with Crippen molar-refractivity contribution in [3.63, 3.8) is 0 Å². The Hall–Kier alpha value is -1.02. The van der Waals surface area contributed by atoms with E-state index in [0.29, 0.717) is 12.7 Å². The molecule has 1 fully saturated rings. The second kappa shape index (κ2) is 4.01. The van der Waals surface area contributed by atoms with E-state index in [0.717, 1.165) is 18.8 Å². The van der Waals surface area contributed by atoms with Gasteiger partial charge < -0.3 is 9.47 Å². The first-order valence-corrected chi connectivity index (χ1v) is 5.05. The summed E-state index contributed by atoms with van der Waals surface area (Å²) >= 11 is 0. The fraction of sp³-hybridized carbons (Fsp3) is 0.500. The minimum atomic E-state index is 0.330. The first kappa shape index (κ1) is 9.53. The predicted octanol–water partition coefficient (Wildman–Crippen LogP) is 2.58. The van der Waals surface area contributed by atoms with Gasteiger partial charge in [-0.3, -0.25) is 0 Å². The minimum Gasteiger partial charge on any atom is -0.491 e. The van der Waals surface area contributed by atoms with Gasteiger partial charge in [-0.05, 0) is 31.9 Å². The largest absolute Gasteiger partial charge is 0.491 e. The molecule has 2 aliphatic rings. The summed E-state index contributed by atoms with van der Waals surface area (Å²) in [6, 6.07) is 0. The number of rotatable bonds is 3. The smallest absolute Gasteiger partial charge is 0.122 e. The van der Waals surface area contributed by atoms with Gasteiger partial charge >= 0.3 is 0 Å². The van der Waals surface area contributed by atoms with Crippen molar-refractivity contribution in [3.8, 4) is 0 Å². The molecule has 0 radical (unpaired) electrons. The highest BCUT2D eigenvalue weighted by Gasteiger charge is 2.23. The SMILES string of the molecule is CC1=C(C)C(OCC2CO2)=CC=CC1. The Morgan fingerprint density at radius 1 is 1.50 bits per heavy atom. The normalized spacial score (nSPS) is 25.9. The van der Waals surface area contributed by atoms with Crippen LogP contribution in [-0.4, -0.2) is 19.3 Å². The van der Waals surface area contributed by atoms with Crippen LogP contribution < -0.4 is 0 Å². The molecule has 2 heteroatoms. The monoisotopic (exact) mass is 192 g/mol. The number of ether oxygens (including phenoxy) is 2. The predicted molar refractivity (Wildman–Crippen MR) is 55.9 cm³/mol. The topological polar surface area (TPSA) is 21.8 Å². The standard InChI is InChI=1S/C12H16O2/c1-9-5-3-4-6-12(10(9)2)14-8-11-7-13-11/h3-4,6,11H,5,7-8H2,1-2H3. The fourth-order valence-corrected chi connectivity index (χ4v) is 1.39. The summed E-state index contributed by atoms with van der Waals surface area (Å²) in [6.45, 7) is 5.80. The third-order valence-corrected chi connectivity index (χ3v) is 2.64. The Labute approximate surface area is 84.9 Å². The second-order valence-corrected chi connectivity index (χ2v) is 3.83. The molecule has 0 aromatic rings. The van der Waals surface area contributed by atoms with Crippen LogP contribution in [0, 0.1) is 0 Å². The van der Waals surface area contributed by atoms with Gasteiger partial charge in [0.25, 0.3) is 0 Å². The summed E-state index contributed by atoms with van der Waals surface area (Å²) in [7, 11) is 0. The van der Waals surface area contributed by atoms with E-state index in [1.54, 1.807) is 0 Å². The lowest BCUT2D eigenvalue weighted by Crippen LogP contribution is -2.02. The molecule has 1 heterocycles. The lowest BCUT2D eigenvalue weighted by atomic mass is 10.1. The molecule has 0 amide bonds. The quantitative estimate of drug-likeness (QED) is 0.641. The molecule has 0 aromatic carbocycles. The molecular weight excluding hydrogens is 176 g/mol. The number of epoxide rings is 1. The molecule has 1 aliphatic heterocycles. The molecule has 0 saturated carbocycles. The van der Waals surface area contributed by atoms with Gasteiger partial charge in [0.2, 0.25) is 0 Å². The van der Waals surface area contributed by atoms with Crippen molar-refractivity contribution in [3.05, 3.63) is 35.1 Å². The highest BCUT2D eigenvalue weighted by Crippen LogP contribution is 2.22. The molecule has 0 bridgehead atoms. The molecule has 1 aliphatic carbocycles. The maximum Gasteiger partial charge on any atom is 0.122 e. The molecule has 76 valence electrons. The zero-order valence-electron chi connectivity index (χ0n) is 8.75. The van der Waals surface area contributed by atoms with Crippen molar-refractivity contribution in [2.24, 2.45) is 0 Å². The Morgan fingerprint density at radius 3 is 3.00 bits per heavy atom. The van der Waals surface area contributed by atoms with E-state index in [1.165, 1.54) is 11.1 Å². The van der Waals surface area contributed by atoms with Crippen LogP contribution in [-0.2, 0) is 9.47 Å². The van der Waals surface area contributed by atoms with E-state index in [1.807, 2.05) is 6.08 Å². The first-order valence-electron chi connectivity index (χ1n) is 5.05. The Balaban J connectivity index is 2.02. The average Bonchev–Trinajstić information content (AvgIpc) is 2.98. The van der Waals surface area contributed by atoms with Gasteiger partial charge in [0.1, 0.15) is 18.5 Å². The van der Waals surface area contributed by atoms with E-state index in [-0.39, 0.29) is 0 Å². The lowest BCUT2D eigenvalue weighted by molar-refractivity contribution is 0.189. The van der Waals surface area contributed by atoms with Crippen LogP contribution in [0.1, 0.15) is 20.3 Å². The van der Waals surface area contributed by atoms with Crippen molar-refractivity contribution in [2.75, 3.05) is 13.2 Å². The number of allylic oxidation sites excluding steroid dienone is 5. The van der Waals surface area contributed by atoms with Gasteiger partial charge in [0.05, 0.1) is 6.61 Å². The zero-order valence-corrected chi connectivity index (χ0v) is 8.75. The average molecular weight is 192 g/mol. The molecule has 1 atom stereocenters. The van der Waals surface area contributed by atoms with E-state index in [2.05, 4.69) is 26.0 Å². The van der Waals surface area contributed by atoms with Crippen molar-refractivity contribution >= 4 is 0 Å². The molecule has 0 aromatic heterocycles. The summed E-state index contributed by atoms with van der Waals surface area (Å²) in [4.78, 5) is 0. The lowest BCUT2D eigenvalue weighted by Gasteiger charge is -2.10. The van der Waals surface area contributed by atoms with Gasteiger partial charge in [-0.2, -0.15) is 0 Å². The van der Waals surface area contributed by atoms with E-state index in [4.69, 9.17) is 9.47 Å². The minimum absolute atomic E-state index is 0.330. The summed E-state index contributed by atoms with van der Waals surface area (Å²) in [5.74, 6) is 0.992. The fourth-order valence-electron chi connectivity index (χ4n) is 1.39. The number of hydrogen-bond donors (Lipinski definition) is 0. The Bertz CT molecular complexity index is 306. The van der Waals surface area contributed by atoms with Gasteiger partial charge in [-0.25, -0.2) is 0 Å². The molecule has 14 heavy (non-hydrogen) atoms. The van der Waals surface area contributed by atoms with Crippen LogP contribution in [0.2, 0.25) is 0 Å². The third-order valence-electron chi connectivity index (χ3n) is 2.64. The molecule has 2 rings (SSSR count). The van der Waals surface area contributed by atoms with Crippen LogP contribution in [0.3, 0.4) is 0 Å². The summed E-state index contributed by atoms with van der Waals surface area (Å²) in [5, 5.41) is 0. The van der Waals surface area contributed by atoms with Gasteiger partial charge in [0.15, 0.2) is 0 Å². The Morgan fingerprint density at radius 2 is 2.29 bits per heavy atom. The third kappa shape index (κ3) is 2.26. The summed E-state index contributed by atoms with van der Waals surface area (Å²) < 4.78 is 10.8. The van der Waals surface area contributed by atoms with E-state index < -0.39 is 0 Å². The first-order chi connectivity index (χ1) is 6.77. The van der Waals surface area contributed by atoms with Crippen LogP contribution >= 0.6 is 0 Å². The summed E-state index contributed by atoms with van der Waals surface area (Å²) in [5.41, 5.74) is 2.64. The van der Waals surface area contributed by atoms with Crippen molar-refractivity contribution < 1.29 is 9.47 Å². The van der Waals surface area contributed by atoms with Crippen LogP contribution in [0.4, 0.5) is 0 Å². The molecule has 0 N–H and O–H groups in total. The zero-order chi connectivity index (χ0) is 9.97. The Kier molecular flexibility index (Phi) is 2.73. The highest BCUT2D eigenvalue weighted by molar-refractivity contribution is 5.35. The van der Waals surface area contributed by atoms with Gasteiger partial charge in [-0.15, -0.1) is 0 Å². The van der Waals surface area contributed by atoms with Crippen LogP contribution in [0.5, 0.6) is 0 Å². The van der Waals surface area contributed by atoms with Crippen molar-refractivity contribution in [2.45, 2.75) is 26.4 Å². The molecule has 1 unspecified atom stereocenters. The van der Waals surface area contributed by atoms with Crippen LogP contribution in [0.25, 0.3) is 0 Å². The molecule has 0 spiro atoms. The highest BCUT2D eigenvalue weighted by atomic mass is 16.6. The maximum atomic E-state index is 5.70. The maximum absolute atomic E-state index is 5.70. The van der Waals surface area contributed by atoms with Crippen LogP contribution in [0.15, 0.2) is 35.1 Å². The van der Waals surface area contributed by atoms with E-state index in [9.17, 15) is 0 Å². The molecular formula is C12H16O2. The van der Waals surface area contributed by atoms with Crippen molar-refractivity contribution in [1.82, 2.24) is 0 Å². The summed E-state index contributed by atoms with van der Waals surface area (Å²) in [6.07, 6.45) is 7.60. The molecule has 2 nitrogen and oxygen atoms in total. The molecule has 1 saturated heterocycles. The van der Waals surface area contributed by atoms with E-state index >= 15 is 0 Å². The number of hydrogen-bond acceptors (Lipinski definition) is 2. The second-order valence-electron chi connectivity index (χ2n) is 3.83.